The van der Waals surface area contributed by atoms with Crippen LogP contribution in [0, 0.1) is 0 Å². The molecule has 0 bridgehead atoms. The Morgan fingerprint density at radius 2 is 1.94 bits per heavy atom. The van der Waals surface area contributed by atoms with Crippen LogP contribution in [0.2, 0.25) is 10.0 Å². The van der Waals surface area contributed by atoms with Gasteiger partial charge in [-0.25, -0.2) is 4.79 Å². The van der Waals surface area contributed by atoms with Crippen molar-refractivity contribution < 1.29 is 14.3 Å². The molecular formula is C10H9Cl2NO3. The second kappa shape index (κ2) is 4.72. The molecule has 86 valence electrons. The fourth-order valence-electron chi connectivity index (χ4n) is 1.24. The molecule has 0 aromatic heterocycles. The van der Waals surface area contributed by atoms with E-state index in [-0.39, 0.29) is 32.6 Å². The maximum absolute atomic E-state index is 11.3. The molecule has 0 amide bonds. The number of carbonyl (C=O) groups is 2. The highest BCUT2D eigenvalue weighted by Crippen LogP contribution is 2.33. The summed E-state index contributed by atoms with van der Waals surface area (Å²) >= 11 is 11.7. The molecule has 0 aliphatic heterocycles. The minimum atomic E-state index is -0.656. The van der Waals surface area contributed by atoms with E-state index in [0.29, 0.717) is 0 Å². The first kappa shape index (κ1) is 12.8. The topological polar surface area (TPSA) is 69.4 Å². The Morgan fingerprint density at radius 1 is 1.38 bits per heavy atom. The Kier molecular flexibility index (Phi) is 3.78. The van der Waals surface area contributed by atoms with Crippen molar-refractivity contribution in [3.05, 3.63) is 27.2 Å². The van der Waals surface area contributed by atoms with Crippen LogP contribution in [0.5, 0.6) is 0 Å². The maximum Gasteiger partial charge on any atom is 0.340 e. The number of rotatable bonds is 2. The molecule has 6 heteroatoms. The molecule has 0 saturated carbocycles. The molecule has 0 atom stereocenters. The Bertz CT molecular complexity index is 472. The first-order chi connectivity index (χ1) is 7.40. The molecule has 0 fully saturated rings. The third-order valence-electron chi connectivity index (χ3n) is 2.01. The molecule has 0 saturated heterocycles. The first-order valence-corrected chi connectivity index (χ1v) is 5.02. The van der Waals surface area contributed by atoms with Gasteiger partial charge in [-0.15, -0.1) is 0 Å². The number of esters is 1. The fraction of sp³-hybridized carbons (Fsp3) is 0.200. The fourth-order valence-corrected chi connectivity index (χ4v) is 1.96. The van der Waals surface area contributed by atoms with Crippen molar-refractivity contribution in [2.45, 2.75) is 6.92 Å². The third-order valence-corrected chi connectivity index (χ3v) is 2.70. The molecule has 0 aliphatic rings. The Hall–Kier alpha value is -1.26. The van der Waals surface area contributed by atoms with Gasteiger partial charge in [0.2, 0.25) is 0 Å². The van der Waals surface area contributed by atoms with Crippen LogP contribution in [0.1, 0.15) is 27.6 Å². The van der Waals surface area contributed by atoms with Crippen molar-refractivity contribution in [2.75, 3.05) is 12.8 Å². The molecule has 16 heavy (non-hydrogen) atoms. The molecule has 2 N–H and O–H groups in total. The highest BCUT2D eigenvalue weighted by molar-refractivity contribution is 6.42. The average Bonchev–Trinajstić information content (AvgIpc) is 2.22. The van der Waals surface area contributed by atoms with Crippen molar-refractivity contribution >= 4 is 40.6 Å². The standard InChI is InChI=1S/C10H9Cl2NO3/c1-4(14)7-6(11)3-5(10(15)16-2)9(13)8(7)12/h3H,13H2,1-2H3. The summed E-state index contributed by atoms with van der Waals surface area (Å²) in [7, 11) is 1.21. The molecule has 4 nitrogen and oxygen atoms in total. The SMILES string of the molecule is COC(=O)c1cc(Cl)c(C(C)=O)c(Cl)c1N. The van der Waals surface area contributed by atoms with Gasteiger partial charge in [0.05, 0.1) is 34.0 Å². The van der Waals surface area contributed by atoms with E-state index in [1.807, 2.05) is 0 Å². The van der Waals surface area contributed by atoms with Crippen molar-refractivity contribution in [3.63, 3.8) is 0 Å². The molecule has 0 aliphatic carbocycles. The lowest BCUT2D eigenvalue weighted by Gasteiger charge is -2.10. The van der Waals surface area contributed by atoms with Crippen molar-refractivity contribution in [3.8, 4) is 0 Å². The minimum Gasteiger partial charge on any atom is -0.465 e. The Morgan fingerprint density at radius 3 is 2.38 bits per heavy atom. The van der Waals surface area contributed by atoms with Gasteiger partial charge in [0.1, 0.15) is 0 Å². The van der Waals surface area contributed by atoms with Gasteiger partial charge < -0.3 is 10.5 Å². The van der Waals surface area contributed by atoms with Crippen molar-refractivity contribution in [1.29, 1.82) is 0 Å². The highest BCUT2D eigenvalue weighted by Gasteiger charge is 2.20. The van der Waals surface area contributed by atoms with E-state index in [0.717, 1.165) is 0 Å². The van der Waals surface area contributed by atoms with Gasteiger partial charge in [-0.05, 0) is 13.0 Å². The van der Waals surface area contributed by atoms with Gasteiger partial charge in [0.15, 0.2) is 5.78 Å². The van der Waals surface area contributed by atoms with Crippen LogP contribution >= 0.6 is 23.2 Å². The number of anilines is 1. The van der Waals surface area contributed by atoms with Crippen LogP contribution in [-0.2, 0) is 4.74 Å². The van der Waals surface area contributed by atoms with Gasteiger partial charge in [-0.2, -0.15) is 0 Å². The summed E-state index contributed by atoms with van der Waals surface area (Å²) < 4.78 is 4.51. The van der Waals surface area contributed by atoms with E-state index in [1.165, 1.54) is 20.1 Å². The lowest BCUT2D eigenvalue weighted by molar-refractivity contribution is 0.0601. The maximum atomic E-state index is 11.3. The van der Waals surface area contributed by atoms with Crippen LogP contribution in [0.4, 0.5) is 5.69 Å². The van der Waals surface area contributed by atoms with E-state index < -0.39 is 5.97 Å². The number of ketones is 1. The van der Waals surface area contributed by atoms with E-state index in [9.17, 15) is 9.59 Å². The summed E-state index contributed by atoms with van der Waals surface area (Å²) in [5.41, 5.74) is 5.76. The third kappa shape index (κ3) is 2.13. The number of ether oxygens (including phenoxy) is 1. The number of Topliss-reactive ketones (excluding diaryl/α,β-unsaturated/α-hetero) is 1. The first-order valence-electron chi connectivity index (χ1n) is 4.26. The zero-order valence-corrected chi connectivity index (χ0v) is 10.1. The van der Waals surface area contributed by atoms with E-state index in [1.54, 1.807) is 0 Å². The molecule has 0 heterocycles. The van der Waals surface area contributed by atoms with E-state index >= 15 is 0 Å². The molecule has 1 aromatic rings. The van der Waals surface area contributed by atoms with Crippen LogP contribution in [0.25, 0.3) is 0 Å². The minimum absolute atomic E-state index is 0.0110. The Balaban J connectivity index is 3.51. The van der Waals surface area contributed by atoms with Crippen LogP contribution in [-0.4, -0.2) is 18.9 Å². The summed E-state index contributed by atoms with van der Waals surface area (Å²) in [6.45, 7) is 1.31. The monoisotopic (exact) mass is 261 g/mol. The van der Waals surface area contributed by atoms with Crippen molar-refractivity contribution in [2.24, 2.45) is 0 Å². The zero-order valence-electron chi connectivity index (χ0n) is 8.64. The normalized spacial score (nSPS) is 10.0. The van der Waals surface area contributed by atoms with Gasteiger partial charge >= 0.3 is 5.97 Å². The molecule has 0 spiro atoms. The molecule has 1 rings (SSSR count). The second-order valence-corrected chi connectivity index (χ2v) is 3.84. The number of nitrogen functional groups attached to an aromatic ring is 1. The summed E-state index contributed by atoms with van der Waals surface area (Å²) in [6.07, 6.45) is 0. The van der Waals surface area contributed by atoms with E-state index in [2.05, 4.69) is 4.74 Å². The zero-order chi connectivity index (χ0) is 12.5. The number of carbonyl (C=O) groups excluding carboxylic acids is 2. The lowest BCUT2D eigenvalue weighted by atomic mass is 10.1. The van der Waals surface area contributed by atoms with Crippen LogP contribution < -0.4 is 5.73 Å². The van der Waals surface area contributed by atoms with Crippen LogP contribution in [0.15, 0.2) is 6.07 Å². The lowest BCUT2D eigenvalue weighted by Crippen LogP contribution is -2.09. The van der Waals surface area contributed by atoms with Gasteiger partial charge in [-0.3, -0.25) is 4.79 Å². The molecular weight excluding hydrogens is 253 g/mol. The summed E-state index contributed by atoms with van der Waals surface area (Å²) in [5.74, 6) is -0.977. The van der Waals surface area contributed by atoms with Gasteiger partial charge in [0.25, 0.3) is 0 Å². The summed E-state index contributed by atoms with van der Waals surface area (Å²) in [5, 5.41) is 0.0486. The smallest absolute Gasteiger partial charge is 0.340 e. The van der Waals surface area contributed by atoms with Crippen LogP contribution in [0.3, 0.4) is 0 Å². The number of benzene rings is 1. The molecule has 1 aromatic carbocycles. The quantitative estimate of drug-likeness (QED) is 0.505. The average molecular weight is 262 g/mol. The molecule has 0 radical (unpaired) electrons. The number of halogens is 2. The number of methoxy groups -OCH3 is 1. The molecule has 0 unspecified atom stereocenters. The Labute approximate surface area is 102 Å². The predicted molar refractivity (Wildman–Crippen MR) is 62.2 cm³/mol. The van der Waals surface area contributed by atoms with Crippen molar-refractivity contribution in [1.82, 2.24) is 0 Å². The van der Waals surface area contributed by atoms with E-state index in [4.69, 9.17) is 28.9 Å². The highest BCUT2D eigenvalue weighted by atomic mass is 35.5. The number of hydrogen-bond acceptors (Lipinski definition) is 4. The van der Waals surface area contributed by atoms with Gasteiger partial charge in [0, 0.05) is 0 Å². The number of hydrogen-bond donors (Lipinski definition) is 1. The largest absolute Gasteiger partial charge is 0.465 e. The second-order valence-electron chi connectivity index (χ2n) is 3.06. The summed E-state index contributed by atoms with van der Waals surface area (Å²) in [6, 6.07) is 1.27. The van der Waals surface area contributed by atoms with Gasteiger partial charge in [-0.1, -0.05) is 23.2 Å². The summed E-state index contributed by atoms with van der Waals surface area (Å²) in [4.78, 5) is 22.6. The predicted octanol–water partition coefficient (Wildman–Crippen LogP) is 2.56. The number of nitrogens with two attached hydrogens (primary N) is 1.